The largest absolute Gasteiger partial charge is 0.504 e. The fourth-order valence-corrected chi connectivity index (χ4v) is 0.763. The molecule has 0 saturated heterocycles. The molecule has 0 atom stereocenters. The topological polar surface area (TPSA) is 59.1 Å². The lowest BCUT2D eigenvalue weighted by atomic mass is 10.2. The van der Waals surface area contributed by atoms with Crippen LogP contribution in [0.4, 0.5) is 23.4 Å². The zero-order valence-corrected chi connectivity index (χ0v) is 6.06. The third kappa shape index (κ3) is 1.63. The minimum atomic E-state index is -4.98. The Labute approximate surface area is 69.8 Å². The number of pyridine rings is 1. The van der Waals surface area contributed by atoms with Crippen molar-refractivity contribution in [1.29, 1.82) is 0 Å². The predicted octanol–water partition coefficient (Wildman–Crippen LogP) is 1.53. The van der Waals surface area contributed by atoms with Crippen molar-refractivity contribution >= 4 is 5.82 Å². The molecule has 0 aromatic carbocycles. The monoisotopic (exact) mass is 196 g/mol. The van der Waals surface area contributed by atoms with E-state index in [0.29, 0.717) is 6.20 Å². The summed E-state index contributed by atoms with van der Waals surface area (Å²) in [5.74, 6) is -3.79. The van der Waals surface area contributed by atoms with E-state index < -0.39 is 29.1 Å². The van der Waals surface area contributed by atoms with Crippen LogP contribution in [-0.2, 0) is 6.18 Å². The second-order valence-electron chi connectivity index (χ2n) is 2.21. The lowest BCUT2D eigenvalue weighted by molar-refractivity contribution is -0.141. The molecule has 1 rings (SSSR count). The maximum atomic E-state index is 12.5. The molecule has 0 aliphatic heterocycles. The number of alkyl halides is 3. The molecular weight excluding hydrogens is 192 g/mol. The molecule has 0 aliphatic carbocycles. The van der Waals surface area contributed by atoms with Gasteiger partial charge in [0.25, 0.3) is 0 Å². The average Bonchev–Trinajstić information content (AvgIpc) is 1.95. The summed E-state index contributed by atoms with van der Waals surface area (Å²) in [6.45, 7) is 0. The standard InChI is InChI=1S/C6H4F4N2O/c7-2-1-12-5(11)4(13)3(2)6(8,9)10/h1,13H,(H2,11,12). The van der Waals surface area contributed by atoms with Gasteiger partial charge in [0.1, 0.15) is 5.56 Å². The van der Waals surface area contributed by atoms with Crippen LogP contribution in [0.5, 0.6) is 5.75 Å². The third-order valence-corrected chi connectivity index (χ3v) is 1.32. The highest BCUT2D eigenvalue weighted by Gasteiger charge is 2.38. The Kier molecular flexibility index (Phi) is 2.02. The minimum absolute atomic E-state index is 0.303. The molecule has 1 aromatic rings. The van der Waals surface area contributed by atoms with Crippen LogP contribution in [0.3, 0.4) is 0 Å². The Bertz CT molecular complexity index is 336. The number of aromatic nitrogens is 1. The molecule has 72 valence electrons. The molecule has 3 N–H and O–H groups in total. The molecule has 3 nitrogen and oxygen atoms in total. The fourth-order valence-electron chi connectivity index (χ4n) is 0.763. The van der Waals surface area contributed by atoms with Crippen LogP contribution in [0, 0.1) is 5.82 Å². The number of anilines is 1. The van der Waals surface area contributed by atoms with Gasteiger partial charge in [-0.05, 0) is 0 Å². The smallest absolute Gasteiger partial charge is 0.422 e. The van der Waals surface area contributed by atoms with E-state index in [9.17, 15) is 17.6 Å². The summed E-state index contributed by atoms with van der Waals surface area (Å²) in [5, 5.41) is 8.77. The van der Waals surface area contributed by atoms with Crippen LogP contribution < -0.4 is 5.73 Å². The van der Waals surface area contributed by atoms with Crippen molar-refractivity contribution in [3.8, 4) is 5.75 Å². The van der Waals surface area contributed by atoms with Crippen molar-refractivity contribution in [2.75, 3.05) is 5.73 Å². The van der Waals surface area contributed by atoms with Gasteiger partial charge in [-0.15, -0.1) is 0 Å². The number of rotatable bonds is 0. The van der Waals surface area contributed by atoms with E-state index >= 15 is 0 Å². The molecule has 1 heterocycles. The van der Waals surface area contributed by atoms with Crippen LogP contribution in [-0.4, -0.2) is 10.1 Å². The van der Waals surface area contributed by atoms with Gasteiger partial charge in [0, 0.05) is 0 Å². The molecule has 1 aromatic heterocycles. The third-order valence-electron chi connectivity index (χ3n) is 1.32. The van der Waals surface area contributed by atoms with E-state index in [-0.39, 0.29) is 0 Å². The molecule has 0 aliphatic rings. The SMILES string of the molecule is Nc1ncc(F)c(C(F)(F)F)c1O. The lowest BCUT2D eigenvalue weighted by Crippen LogP contribution is -2.10. The van der Waals surface area contributed by atoms with Crippen molar-refractivity contribution in [2.24, 2.45) is 0 Å². The number of aromatic hydroxyl groups is 1. The Morgan fingerprint density at radius 1 is 1.38 bits per heavy atom. The average molecular weight is 196 g/mol. The molecule has 0 spiro atoms. The van der Waals surface area contributed by atoms with Crippen LogP contribution in [0.1, 0.15) is 5.56 Å². The Morgan fingerprint density at radius 3 is 2.31 bits per heavy atom. The van der Waals surface area contributed by atoms with Crippen LogP contribution in [0.25, 0.3) is 0 Å². The first kappa shape index (κ1) is 9.56. The van der Waals surface area contributed by atoms with Crippen molar-refractivity contribution in [3.63, 3.8) is 0 Å². The summed E-state index contributed by atoms with van der Waals surface area (Å²) in [4.78, 5) is 3.01. The summed E-state index contributed by atoms with van der Waals surface area (Å²) >= 11 is 0. The van der Waals surface area contributed by atoms with Gasteiger partial charge in [-0.1, -0.05) is 0 Å². The number of nitrogen functional groups attached to an aromatic ring is 1. The predicted molar refractivity (Wildman–Crippen MR) is 35.3 cm³/mol. The molecule has 0 fully saturated rings. The summed E-state index contributed by atoms with van der Waals surface area (Å²) in [5.41, 5.74) is 3.07. The molecule has 13 heavy (non-hydrogen) atoms. The first-order valence-electron chi connectivity index (χ1n) is 3.04. The van der Waals surface area contributed by atoms with E-state index in [0.717, 1.165) is 0 Å². The van der Waals surface area contributed by atoms with E-state index in [1.165, 1.54) is 0 Å². The number of nitrogens with zero attached hydrogens (tertiary/aromatic N) is 1. The normalized spacial score (nSPS) is 11.7. The number of nitrogens with two attached hydrogens (primary N) is 1. The fraction of sp³-hybridized carbons (Fsp3) is 0.167. The van der Waals surface area contributed by atoms with Crippen molar-refractivity contribution in [2.45, 2.75) is 6.18 Å². The molecular formula is C6H4F4N2O. The molecule has 0 saturated carbocycles. The van der Waals surface area contributed by atoms with Crippen LogP contribution in [0.2, 0.25) is 0 Å². The van der Waals surface area contributed by atoms with Gasteiger partial charge in [0.15, 0.2) is 17.4 Å². The van der Waals surface area contributed by atoms with Crippen LogP contribution in [0.15, 0.2) is 6.20 Å². The van der Waals surface area contributed by atoms with E-state index in [1.54, 1.807) is 0 Å². The highest BCUT2D eigenvalue weighted by molar-refractivity contribution is 5.51. The van der Waals surface area contributed by atoms with Gasteiger partial charge >= 0.3 is 6.18 Å². The molecule has 0 bridgehead atoms. The Hall–Kier alpha value is -1.53. The quantitative estimate of drug-likeness (QED) is 0.618. The summed E-state index contributed by atoms with van der Waals surface area (Å²) in [6, 6.07) is 0. The Balaban J connectivity index is 3.43. The summed E-state index contributed by atoms with van der Waals surface area (Å²) < 4.78 is 48.5. The van der Waals surface area contributed by atoms with Gasteiger partial charge in [-0.25, -0.2) is 9.37 Å². The maximum Gasteiger partial charge on any atom is 0.422 e. The lowest BCUT2D eigenvalue weighted by Gasteiger charge is -2.10. The zero-order valence-electron chi connectivity index (χ0n) is 6.06. The van der Waals surface area contributed by atoms with Gasteiger partial charge < -0.3 is 10.8 Å². The summed E-state index contributed by atoms with van der Waals surface area (Å²) in [7, 11) is 0. The van der Waals surface area contributed by atoms with Crippen molar-refractivity contribution < 1.29 is 22.7 Å². The van der Waals surface area contributed by atoms with Gasteiger partial charge in [-0.3, -0.25) is 0 Å². The van der Waals surface area contributed by atoms with E-state index in [4.69, 9.17) is 10.8 Å². The van der Waals surface area contributed by atoms with Crippen LogP contribution >= 0.6 is 0 Å². The molecule has 0 amide bonds. The number of hydrogen-bond donors (Lipinski definition) is 2. The van der Waals surface area contributed by atoms with Gasteiger partial charge in [-0.2, -0.15) is 13.2 Å². The first-order chi connectivity index (χ1) is 5.84. The number of hydrogen-bond acceptors (Lipinski definition) is 3. The van der Waals surface area contributed by atoms with Crippen molar-refractivity contribution in [1.82, 2.24) is 4.98 Å². The van der Waals surface area contributed by atoms with E-state index in [2.05, 4.69) is 4.98 Å². The van der Waals surface area contributed by atoms with E-state index in [1.807, 2.05) is 0 Å². The highest BCUT2D eigenvalue weighted by atomic mass is 19.4. The highest BCUT2D eigenvalue weighted by Crippen LogP contribution is 2.39. The summed E-state index contributed by atoms with van der Waals surface area (Å²) in [6.07, 6.45) is -4.68. The second-order valence-corrected chi connectivity index (χ2v) is 2.21. The number of halogens is 4. The molecule has 0 unspecified atom stereocenters. The van der Waals surface area contributed by atoms with Gasteiger partial charge in [0.2, 0.25) is 0 Å². The van der Waals surface area contributed by atoms with Crippen molar-refractivity contribution in [3.05, 3.63) is 17.6 Å². The first-order valence-corrected chi connectivity index (χ1v) is 3.04. The zero-order chi connectivity index (χ0) is 10.2. The van der Waals surface area contributed by atoms with Gasteiger partial charge in [0.05, 0.1) is 6.20 Å². The molecule has 0 radical (unpaired) electrons. The maximum absolute atomic E-state index is 12.5. The second kappa shape index (κ2) is 2.75. The Morgan fingerprint density at radius 2 is 1.92 bits per heavy atom. The molecule has 7 heteroatoms. The minimum Gasteiger partial charge on any atom is -0.504 e.